The molecular formula is C13H18INO2. The number of halogens is 1. The predicted molar refractivity (Wildman–Crippen MR) is 77.2 cm³/mol. The van der Waals surface area contributed by atoms with Crippen molar-refractivity contribution in [1.29, 1.82) is 0 Å². The van der Waals surface area contributed by atoms with Crippen molar-refractivity contribution in [3.8, 4) is 0 Å². The number of hydrogen-bond donors (Lipinski definition) is 0. The van der Waals surface area contributed by atoms with E-state index in [1.807, 2.05) is 18.2 Å². The van der Waals surface area contributed by atoms with E-state index < -0.39 is 0 Å². The first-order valence-corrected chi connectivity index (χ1v) is 6.90. The molecule has 0 aliphatic heterocycles. The Morgan fingerprint density at radius 2 is 2.06 bits per heavy atom. The van der Waals surface area contributed by atoms with Crippen molar-refractivity contribution in [2.24, 2.45) is 0 Å². The van der Waals surface area contributed by atoms with Crippen LogP contribution in [-0.2, 0) is 4.74 Å². The second-order valence-corrected chi connectivity index (χ2v) is 4.92. The summed E-state index contributed by atoms with van der Waals surface area (Å²) >= 11 is 2.18. The van der Waals surface area contributed by atoms with Gasteiger partial charge in [-0.3, -0.25) is 0 Å². The summed E-state index contributed by atoms with van der Waals surface area (Å²) < 4.78 is 6.28. The van der Waals surface area contributed by atoms with Gasteiger partial charge < -0.3 is 9.64 Å². The van der Waals surface area contributed by atoms with E-state index in [1.54, 1.807) is 6.07 Å². The van der Waals surface area contributed by atoms with E-state index >= 15 is 0 Å². The highest BCUT2D eigenvalue weighted by molar-refractivity contribution is 14.1. The number of carbonyl (C=O) groups excluding carboxylic acids is 1. The Balaban J connectivity index is 2.40. The quantitative estimate of drug-likeness (QED) is 0.586. The van der Waals surface area contributed by atoms with Gasteiger partial charge in [0.05, 0.1) is 5.56 Å². The van der Waals surface area contributed by atoms with Gasteiger partial charge in [-0.15, -0.1) is 0 Å². The summed E-state index contributed by atoms with van der Waals surface area (Å²) in [6, 6.07) is 7.43. The van der Waals surface area contributed by atoms with Gasteiger partial charge in [-0.25, -0.2) is 4.79 Å². The molecule has 94 valence electrons. The second kappa shape index (κ2) is 7.66. The van der Waals surface area contributed by atoms with Crippen LogP contribution in [0.3, 0.4) is 0 Å². The normalized spacial score (nSPS) is 10.6. The van der Waals surface area contributed by atoms with E-state index in [9.17, 15) is 4.79 Å². The molecule has 0 heterocycles. The van der Waals surface area contributed by atoms with Crippen LogP contribution in [0.2, 0.25) is 0 Å². The summed E-state index contributed by atoms with van der Waals surface area (Å²) in [5.74, 6) is -0.240. The molecule has 0 unspecified atom stereocenters. The SMILES string of the molecule is CCN(CC)CCOC(=O)c1cccc(I)c1. The van der Waals surface area contributed by atoms with Gasteiger partial charge in [0, 0.05) is 10.1 Å². The van der Waals surface area contributed by atoms with E-state index in [0.29, 0.717) is 12.2 Å². The van der Waals surface area contributed by atoms with Crippen molar-refractivity contribution in [3.05, 3.63) is 33.4 Å². The van der Waals surface area contributed by atoms with Crippen molar-refractivity contribution in [2.45, 2.75) is 13.8 Å². The minimum atomic E-state index is -0.240. The highest BCUT2D eigenvalue weighted by Crippen LogP contribution is 2.08. The number of likely N-dealkylation sites (N-methyl/N-ethyl adjacent to an activating group) is 1. The van der Waals surface area contributed by atoms with E-state index in [1.165, 1.54) is 0 Å². The van der Waals surface area contributed by atoms with Gasteiger partial charge in [-0.2, -0.15) is 0 Å². The Bertz CT molecular complexity index is 364. The van der Waals surface area contributed by atoms with Crippen molar-refractivity contribution < 1.29 is 9.53 Å². The highest BCUT2D eigenvalue weighted by atomic mass is 127. The van der Waals surface area contributed by atoms with Crippen molar-refractivity contribution in [2.75, 3.05) is 26.2 Å². The molecule has 1 aromatic rings. The molecule has 0 saturated carbocycles. The molecular weight excluding hydrogens is 329 g/mol. The topological polar surface area (TPSA) is 29.5 Å². The average Bonchev–Trinajstić information content (AvgIpc) is 2.34. The first-order valence-electron chi connectivity index (χ1n) is 5.82. The zero-order chi connectivity index (χ0) is 12.7. The van der Waals surface area contributed by atoms with Crippen molar-refractivity contribution in [3.63, 3.8) is 0 Å². The van der Waals surface area contributed by atoms with E-state index in [4.69, 9.17) is 4.74 Å². The lowest BCUT2D eigenvalue weighted by Gasteiger charge is -2.17. The molecule has 0 fully saturated rings. The Kier molecular flexibility index (Phi) is 6.50. The number of esters is 1. The van der Waals surface area contributed by atoms with Crippen LogP contribution in [0.25, 0.3) is 0 Å². The molecule has 0 saturated heterocycles. The average molecular weight is 347 g/mol. The molecule has 4 heteroatoms. The lowest BCUT2D eigenvalue weighted by molar-refractivity contribution is 0.0466. The first-order chi connectivity index (χ1) is 8.17. The third kappa shape index (κ3) is 5.04. The van der Waals surface area contributed by atoms with Crippen molar-refractivity contribution >= 4 is 28.6 Å². The predicted octanol–water partition coefficient (Wildman–Crippen LogP) is 2.79. The van der Waals surface area contributed by atoms with Crippen LogP contribution in [0.5, 0.6) is 0 Å². The molecule has 0 amide bonds. The van der Waals surface area contributed by atoms with E-state index in [2.05, 4.69) is 41.3 Å². The summed E-state index contributed by atoms with van der Waals surface area (Å²) in [6.07, 6.45) is 0. The molecule has 0 aliphatic rings. The summed E-state index contributed by atoms with van der Waals surface area (Å²) in [6.45, 7) is 7.42. The van der Waals surface area contributed by atoms with E-state index in [-0.39, 0.29) is 5.97 Å². The van der Waals surface area contributed by atoms with Crippen molar-refractivity contribution in [1.82, 2.24) is 4.90 Å². The first kappa shape index (κ1) is 14.4. The van der Waals surface area contributed by atoms with Gasteiger partial charge >= 0.3 is 5.97 Å². The summed E-state index contributed by atoms with van der Waals surface area (Å²) in [5, 5.41) is 0. The summed E-state index contributed by atoms with van der Waals surface area (Å²) in [7, 11) is 0. The van der Waals surface area contributed by atoms with Crippen LogP contribution in [0.1, 0.15) is 24.2 Å². The van der Waals surface area contributed by atoms with Gasteiger partial charge in [0.1, 0.15) is 6.61 Å². The molecule has 0 atom stereocenters. The third-order valence-corrected chi connectivity index (χ3v) is 3.27. The fourth-order valence-corrected chi connectivity index (χ4v) is 2.05. The van der Waals surface area contributed by atoms with Gasteiger partial charge in [-0.1, -0.05) is 19.9 Å². The zero-order valence-corrected chi connectivity index (χ0v) is 12.4. The Labute approximate surface area is 116 Å². The molecule has 1 aromatic carbocycles. The maximum Gasteiger partial charge on any atom is 0.338 e. The Morgan fingerprint density at radius 1 is 1.35 bits per heavy atom. The number of rotatable bonds is 6. The minimum Gasteiger partial charge on any atom is -0.461 e. The molecule has 0 aromatic heterocycles. The zero-order valence-electron chi connectivity index (χ0n) is 10.3. The van der Waals surface area contributed by atoms with Gasteiger partial charge in [-0.05, 0) is 53.9 Å². The summed E-state index contributed by atoms with van der Waals surface area (Å²) in [4.78, 5) is 13.9. The van der Waals surface area contributed by atoms with Crippen LogP contribution in [0.15, 0.2) is 24.3 Å². The standard InChI is InChI=1S/C13H18INO2/c1-3-15(4-2)8-9-17-13(16)11-6-5-7-12(14)10-11/h5-7,10H,3-4,8-9H2,1-2H3. The smallest absolute Gasteiger partial charge is 0.338 e. The fourth-order valence-electron chi connectivity index (χ4n) is 1.51. The molecule has 0 aliphatic carbocycles. The van der Waals surface area contributed by atoms with Crippen LogP contribution >= 0.6 is 22.6 Å². The van der Waals surface area contributed by atoms with Gasteiger partial charge in [0.2, 0.25) is 0 Å². The number of carbonyl (C=O) groups is 1. The molecule has 1 rings (SSSR count). The third-order valence-electron chi connectivity index (χ3n) is 2.60. The number of nitrogens with zero attached hydrogens (tertiary/aromatic N) is 1. The minimum absolute atomic E-state index is 0.240. The molecule has 17 heavy (non-hydrogen) atoms. The van der Waals surface area contributed by atoms with Crippen LogP contribution < -0.4 is 0 Å². The fraction of sp³-hybridized carbons (Fsp3) is 0.462. The number of ether oxygens (including phenoxy) is 1. The molecule has 3 nitrogen and oxygen atoms in total. The number of hydrogen-bond acceptors (Lipinski definition) is 3. The highest BCUT2D eigenvalue weighted by Gasteiger charge is 2.07. The largest absolute Gasteiger partial charge is 0.461 e. The van der Waals surface area contributed by atoms with Gasteiger partial charge in [0.15, 0.2) is 0 Å². The molecule has 0 radical (unpaired) electrons. The Morgan fingerprint density at radius 3 is 2.65 bits per heavy atom. The maximum absolute atomic E-state index is 11.7. The van der Waals surface area contributed by atoms with Crippen LogP contribution in [-0.4, -0.2) is 37.1 Å². The molecule has 0 spiro atoms. The lowest BCUT2D eigenvalue weighted by atomic mass is 10.2. The number of benzene rings is 1. The molecule has 0 bridgehead atoms. The second-order valence-electron chi connectivity index (χ2n) is 3.67. The van der Waals surface area contributed by atoms with Crippen LogP contribution in [0.4, 0.5) is 0 Å². The Hall–Kier alpha value is -0.620. The molecule has 0 N–H and O–H groups in total. The van der Waals surface area contributed by atoms with E-state index in [0.717, 1.165) is 23.2 Å². The van der Waals surface area contributed by atoms with Crippen LogP contribution in [0, 0.1) is 3.57 Å². The maximum atomic E-state index is 11.7. The summed E-state index contributed by atoms with van der Waals surface area (Å²) in [5.41, 5.74) is 0.622. The van der Waals surface area contributed by atoms with Gasteiger partial charge in [0.25, 0.3) is 0 Å². The lowest BCUT2D eigenvalue weighted by Crippen LogP contribution is -2.27. The monoisotopic (exact) mass is 347 g/mol.